The third kappa shape index (κ3) is 6.61. The summed E-state index contributed by atoms with van der Waals surface area (Å²) in [5, 5.41) is 11.6. The van der Waals surface area contributed by atoms with Crippen LogP contribution in [0.1, 0.15) is 50.2 Å². The van der Waals surface area contributed by atoms with Gasteiger partial charge in [-0.25, -0.2) is 13.4 Å². The Hall–Kier alpha value is -2.79. The highest BCUT2D eigenvalue weighted by molar-refractivity contribution is 7.90. The van der Waals surface area contributed by atoms with E-state index < -0.39 is 38.9 Å². The fraction of sp³-hybridized carbons (Fsp3) is 0.500. The van der Waals surface area contributed by atoms with E-state index in [1.807, 2.05) is 6.92 Å². The average molecular weight is 545 g/mol. The van der Waals surface area contributed by atoms with Crippen LogP contribution in [0.3, 0.4) is 0 Å². The van der Waals surface area contributed by atoms with Gasteiger partial charge in [-0.3, -0.25) is 4.79 Å². The maximum Gasteiger partial charge on any atom is 0.227 e. The number of aromatic nitrogens is 1. The molecule has 0 aliphatic carbocycles. The number of nitrogens with two attached hydrogens (primary N) is 1. The molecule has 206 valence electrons. The Bertz CT molecular complexity index is 1270. The quantitative estimate of drug-likeness (QED) is 0.333. The number of primary amides is 1. The molecule has 1 aliphatic heterocycles. The first-order valence-corrected chi connectivity index (χ1v) is 14.8. The predicted molar refractivity (Wildman–Crippen MR) is 143 cm³/mol. The van der Waals surface area contributed by atoms with Gasteiger partial charge in [0.25, 0.3) is 0 Å². The van der Waals surface area contributed by atoms with Gasteiger partial charge in [0, 0.05) is 19.1 Å². The predicted octanol–water partition coefficient (Wildman–Crippen LogP) is 3.56. The molecule has 4 rings (SSSR count). The minimum atomic E-state index is -3.86. The summed E-state index contributed by atoms with van der Waals surface area (Å²) in [6.07, 6.45) is 0.534. The summed E-state index contributed by atoms with van der Waals surface area (Å²) >= 11 is 0. The third-order valence-electron chi connectivity index (χ3n) is 7.20. The molecule has 1 saturated heterocycles. The number of amides is 1. The van der Waals surface area contributed by atoms with Gasteiger partial charge >= 0.3 is 0 Å². The maximum atomic E-state index is 13.6. The van der Waals surface area contributed by atoms with Crippen molar-refractivity contribution in [2.75, 3.05) is 25.6 Å². The van der Waals surface area contributed by atoms with Gasteiger partial charge in [-0.2, -0.15) is 0 Å². The summed E-state index contributed by atoms with van der Waals surface area (Å²) in [7, 11) is -3.86. The lowest BCUT2D eigenvalue weighted by Gasteiger charge is -2.40. The number of nitrogens with zero attached hydrogens (tertiary/aromatic N) is 1. The van der Waals surface area contributed by atoms with Crippen LogP contribution < -0.4 is 5.73 Å². The molecule has 9 nitrogen and oxygen atoms in total. The number of sulfone groups is 1. The summed E-state index contributed by atoms with van der Waals surface area (Å²) in [6.45, 7) is 2.69. The highest BCUT2D eigenvalue weighted by Crippen LogP contribution is 2.43. The highest BCUT2D eigenvalue weighted by Gasteiger charge is 2.52. The Morgan fingerprint density at radius 3 is 2.50 bits per heavy atom. The molecule has 3 aromatic rings. The molecule has 1 fully saturated rings. The third-order valence-corrected chi connectivity index (χ3v) is 8.92. The Labute approximate surface area is 223 Å². The van der Waals surface area contributed by atoms with E-state index in [4.69, 9.17) is 19.6 Å². The second kappa shape index (κ2) is 12.4. The Morgan fingerprint density at radius 2 is 1.84 bits per heavy atom. The maximum absolute atomic E-state index is 13.6. The van der Waals surface area contributed by atoms with Gasteiger partial charge in [-0.05, 0) is 37.0 Å². The molecule has 3 atom stereocenters. The molecule has 10 heteroatoms. The van der Waals surface area contributed by atoms with Crippen molar-refractivity contribution < 1.29 is 32.2 Å². The zero-order chi connectivity index (χ0) is 27.2. The van der Waals surface area contributed by atoms with Crippen molar-refractivity contribution in [3.05, 3.63) is 66.1 Å². The zero-order valence-corrected chi connectivity index (χ0v) is 22.4. The number of aliphatic hydroxyl groups is 1. The lowest BCUT2D eigenvalue weighted by molar-refractivity contribution is -0.144. The van der Waals surface area contributed by atoms with Gasteiger partial charge in [0.05, 0.1) is 29.6 Å². The van der Waals surface area contributed by atoms with Crippen molar-refractivity contribution in [1.29, 1.82) is 0 Å². The summed E-state index contributed by atoms with van der Waals surface area (Å²) in [5.41, 5.74) is 5.95. The summed E-state index contributed by atoms with van der Waals surface area (Å²) in [4.78, 5) is 17.8. The van der Waals surface area contributed by atoms with Crippen LogP contribution in [0.15, 0.2) is 59.0 Å². The Kier molecular flexibility index (Phi) is 9.19. The molecule has 0 spiro atoms. The molecule has 3 N–H and O–H groups in total. The molecular formula is C28H36N2O7S. The molecule has 38 heavy (non-hydrogen) atoms. The summed E-state index contributed by atoms with van der Waals surface area (Å²) in [6, 6.07) is 15.8. The van der Waals surface area contributed by atoms with Crippen LogP contribution in [-0.2, 0) is 29.9 Å². The van der Waals surface area contributed by atoms with Gasteiger partial charge in [0.15, 0.2) is 15.4 Å². The topological polar surface area (TPSA) is 142 Å². The molecule has 2 unspecified atom stereocenters. The van der Waals surface area contributed by atoms with E-state index in [9.17, 15) is 18.3 Å². The molecule has 0 bridgehead atoms. The second-order valence-corrected chi connectivity index (χ2v) is 12.1. The van der Waals surface area contributed by atoms with E-state index in [0.717, 1.165) is 0 Å². The van der Waals surface area contributed by atoms with E-state index in [-0.39, 0.29) is 24.4 Å². The first-order valence-electron chi connectivity index (χ1n) is 13.0. The van der Waals surface area contributed by atoms with E-state index in [0.29, 0.717) is 55.6 Å². The first-order chi connectivity index (χ1) is 18.2. The SMILES string of the molecule is CCC[C@H](C(O)c1nc2ccccc2o1)C(COC1CCOCC1)(CS(=O)(=O)Cc1ccccc1)C(N)=O. The Balaban J connectivity index is 1.73. The number of hydrogen-bond acceptors (Lipinski definition) is 8. The first kappa shape index (κ1) is 28.2. The van der Waals surface area contributed by atoms with Crippen molar-refractivity contribution in [3.8, 4) is 0 Å². The number of para-hydroxylation sites is 2. The van der Waals surface area contributed by atoms with Crippen LogP contribution >= 0.6 is 0 Å². The number of hydrogen-bond donors (Lipinski definition) is 2. The lowest BCUT2D eigenvalue weighted by atomic mass is 9.71. The number of benzene rings is 2. The Morgan fingerprint density at radius 1 is 1.16 bits per heavy atom. The zero-order valence-electron chi connectivity index (χ0n) is 21.6. The molecule has 2 aromatic carbocycles. The highest BCUT2D eigenvalue weighted by atomic mass is 32.2. The van der Waals surface area contributed by atoms with Gasteiger partial charge in [0.1, 0.15) is 11.6 Å². The molecule has 0 radical (unpaired) electrons. The van der Waals surface area contributed by atoms with Crippen molar-refractivity contribution >= 4 is 26.8 Å². The van der Waals surface area contributed by atoms with Crippen LogP contribution in [-0.4, -0.2) is 56.1 Å². The molecular weight excluding hydrogens is 508 g/mol. The van der Waals surface area contributed by atoms with E-state index in [1.54, 1.807) is 54.6 Å². The van der Waals surface area contributed by atoms with Gasteiger partial charge < -0.3 is 24.7 Å². The molecule has 1 amide bonds. The fourth-order valence-electron chi connectivity index (χ4n) is 5.20. The van der Waals surface area contributed by atoms with E-state index in [1.165, 1.54) is 0 Å². The number of oxazole rings is 1. The lowest BCUT2D eigenvalue weighted by Crippen LogP contribution is -2.54. The van der Waals surface area contributed by atoms with Crippen molar-refractivity contribution in [2.45, 2.75) is 50.6 Å². The number of carbonyl (C=O) groups excluding carboxylic acids is 1. The monoisotopic (exact) mass is 544 g/mol. The molecule has 2 heterocycles. The van der Waals surface area contributed by atoms with Gasteiger partial charge in [-0.1, -0.05) is 55.8 Å². The van der Waals surface area contributed by atoms with Crippen molar-refractivity contribution in [2.24, 2.45) is 17.1 Å². The number of fused-ring (bicyclic) bond motifs is 1. The molecule has 1 aliphatic rings. The van der Waals surface area contributed by atoms with Crippen LogP contribution in [0.2, 0.25) is 0 Å². The second-order valence-electron chi connectivity index (χ2n) is 10.0. The van der Waals surface area contributed by atoms with Crippen LogP contribution in [0.4, 0.5) is 0 Å². The van der Waals surface area contributed by atoms with Crippen LogP contribution in [0, 0.1) is 11.3 Å². The standard InChI is InChI=1S/C28H36N2O7S/c1-2-8-22(25(31)26-30-23-11-6-7-12-24(23)37-26)28(27(29)32,18-36-21-13-15-35-16-14-21)19-38(33,34)17-20-9-4-3-5-10-20/h3-7,9-12,21-22,25,31H,2,8,13-19H2,1H3,(H2,29,32)/t22-,25?,28?/m1/s1. The van der Waals surface area contributed by atoms with Crippen LogP contribution in [0.25, 0.3) is 11.1 Å². The number of carbonyl (C=O) groups is 1. The minimum Gasteiger partial charge on any atom is -0.438 e. The number of rotatable bonds is 13. The fourth-order valence-corrected chi connectivity index (χ4v) is 7.22. The molecule has 0 saturated carbocycles. The van der Waals surface area contributed by atoms with Crippen molar-refractivity contribution in [1.82, 2.24) is 4.98 Å². The largest absolute Gasteiger partial charge is 0.438 e. The van der Waals surface area contributed by atoms with E-state index >= 15 is 0 Å². The van der Waals surface area contributed by atoms with Crippen molar-refractivity contribution in [3.63, 3.8) is 0 Å². The summed E-state index contributed by atoms with van der Waals surface area (Å²) in [5.74, 6) is -2.58. The summed E-state index contributed by atoms with van der Waals surface area (Å²) < 4.78 is 44.6. The van der Waals surface area contributed by atoms with Gasteiger partial charge in [0.2, 0.25) is 11.8 Å². The average Bonchev–Trinajstić information content (AvgIpc) is 3.35. The number of ether oxygens (including phenoxy) is 2. The van der Waals surface area contributed by atoms with Gasteiger partial charge in [-0.15, -0.1) is 0 Å². The van der Waals surface area contributed by atoms with E-state index in [2.05, 4.69) is 4.98 Å². The minimum absolute atomic E-state index is 0.0156. The van der Waals surface area contributed by atoms with Crippen LogP contribution in [0.5, 0.6) is 0 Å². The number of aliphatic hydroxyl groups excluding tert-OH is 1. The molecule has 1 aromatic heterocycles. The smallest absolute Gasteiger partial charge is 0.227 e. The normalized spacial score (nSPS) is 18.2.